The molecule has 198 valence electrons. The number of amides is 1. The molecule has 1 aromatic heterocycles. The molecule has 2 aliphatic rings. The highest BCUT2D eigenvalue weighted by Gasteiger charge is 2.51. The molecule has 2 heterocycles. The molecule has 11 heteroatoms. The number of benzene rings is 1. The van der Waals surface area contributed by atoms with Crippen molar-refractivity contribution in [3.05, 3.63) is 52.1 Å². The molecule has 1 aromatic carbocycles. The van der Waals surface area contributed by atoms with E-state index in [1.165, 1.54) is 12.3 Å². The van der Waals surface area contributed by atoms with E-state index in [9.17, 15) is 4.79 Å². The predicted molar refractivity (Wildman–Crippen MR) is 145 cm³/mol. The zero-order valence-electron chi connectivity index (χ0n) is 21.4. The number of nitrogens with zero attached hydrogens (tertiary/aromatic N) is 4. The summed E-state index contributed by atoms with van der Waals surface area (Å²) in [6.07, 6.45) is 6.28. The van der Waals surface area contributed by atoms with Gasteiger partial charge in [-0.1, -0.05) is 18.5 Å². The van der Waals surface area contributed by atoms with Crippen LogP contribution in [0.15, 0.2) is 35.1 Å². The van der Waals surface area contributed by atoms with Crippen molar-refractivity contribution in [2.45, 2.75) is 57.9 Å². The van der Waals surface area contributed by atoms with E-state index in [2.05, 4.69) is 25.6 Å². The molecule has 1 amide bonds. The largest absolute Gasteiger partial charge is 0.402 e. The number of amidine groups is 1. The number of halogens is 2. The van der Waals surface area contributed by atoms with E-state index in [4.69, 9.17) is 23.1 Å². The maximum absolute atomic E-state index is 15.2. The average molecular weight is 529 g/mol. The van der Waals surface area contributed by atoms with Gasteiger partial charge in [0.2, 0.25) is 11.9 Å². The SMILES string of the molecule is CCNC1(C(=O)N2CCC(c3cc(F)c(Nc4ncc(Cl)c(N=C(N)/C=C(/C)N)n4)cc3C)CC2)CC1. The lowest BCUT2D eigenvalue weighted by Crippen LogP contribution is -2.50. The second-order valence-corrected chi connectivity index (χ2v) is 10.2. The smallest absolute Gasteiger partial charge is 0.242 e. The second kappa shape index (κ2) is 11.0. The fourth-order valence-electron chi connectivity index (χ4n) is 4.86. The van der Waals surface area contributed by atoms with Crippen molar-refractivity contribution in [2.75, 3.05) is 25.0 Å². The number of carbonyl (C=O) groups is 1. The lowest BCUT2D eigenvalue weighted by atomic mass is 9.86. The van der Waals surface area contributed by atoms with E-state index in [0.29, 0.717) is 18.8 Å². The molecule has 2 aromatic rings. The molecule has 1 aliphatic heterocycles. The van der Waals surface area contributed by atoms with Crippen molar-refractivity contribution >= 4 is 40.8 Å². The molecule has 6 N–H and O–H groups in total. The fraction of sp³-hybridized carbons (Fsp3) is 0.462. The van der Waals surface area contributed by atoms with Crippen LogP contribution in [0, 0.1) is 12.7 Å². The normalized spacial score (nSPS) is 18.1. The van der Waals surface area contributed by atoms with E-state index in [1.54, 1.807) is 19.1 Å². The van der Waals surface area contributed by atoms with Crippen molar-refractivity contribution in [1.82, 2.24) is 20.2 Å². The Balaban J connectivity index is 1.45. The quantitative estimate of drug-likeness (QED) is 0.300. The zero-order valence-corrected chi connectivity index (χ0v) is 22.2. The van der Waals surface area contributed by atoms with Crippen LogP contribution in [0.1, 0.15) is 56.6 Å². The van der Waals surface area contributed by atoms with Crippen LogP contribution >= 0.6 is 11.6 Å². The Morgan fingerprint density at radius 2 is 2.03 bits per heavy atom. The highest BCUT2D eigenvalue weighted by molar-refractivity contribution is 6.32. The highest BCUT2D eigenvalue weighted by Crippen LogP contribution is 2.39. The number of anilines is 2. The molecule has 37 heavy (non-hydrogen) atoms. The van der Waals surface area contributed by atoms with Gasteiger partial charge in [-0.3, -0.25) is 4.79 Å². The fourth-order valence-corrected chi connectivity index (χ4v) is 5.00. The van der Waals surface area contributed by atoms with Crippen LogP contribution in [0.2, 0.25) is 5.02 Å². The first-order chi connectivity index (χ1) is 17.6. The molecule has 1 saturated heterocycles. The van der Waals surface area contributed by atoms with Gasteiger partial charge in [-0.15, -0.1) is 0 Å². The zero-order chi connectivity index (χ0) is 26.7. The topological polar surface area (TPSA) is 135 Å². The molecule has 1 saturated carbocycles. The second-order valence-electron chi connectivity index (χ2n) is 9.78. The third-order valence-electron chi connectivity index (χ3n) is 6.83. The number of piperidine rings is 1. The van der Waals surface area contributed by atoms with Crippen LogP contribution < -0.4 is 22.1 Å². The van der Waals surface area contributed by atoms with Gasteiger partial charge in [0.05, 0.1) is 17.4 Å². The lowest BCUT2D eigenvalue weighted by Gasteiger charge is -2.35. The minimum Gasteiger partial charge on any atom is -0.402 e. The Labute approximate surface area is 221 Å². The number of likely N-dealkylation sites (N-methyl/N-ethyl adjacent to an activating group) is 1. The van der Waals surface area contributed by atoms with Gasteiger partial charge in [0.25, 0.3) is 0 Å². The summed E-state index contributed by atoms with van der Waals surface area (Å²) in [7, 11) is 0. The van der Waals surface area contributed by atoms with Crippen molar-refractivity contribution < 1.29 is 9.18 Å². The van der Waals surface area contributed by atoms with Crippen LogP contribution in [0.5, 0.6) is 0 Å². The lowest BCUT2D eigenvalue weighted by molar-refractivity contribution is -0.135. The number of carbonyl (C=O) groups excluding carboxylic acids is 1. The number of allylic oxidation sites excluding steroid dienone is 1. The van der Waals surface area contributed by atoms with Crippen LogP contribution in [0.25, 0.3) is 0 Å². The molecule has 9 nitrogen and oxygen atoms in total. The molecule has 0 radical (unpaired) electrons. The minimum absolute atomic E-state index is 0.136. The molecule has 0 unspecified atom stereocenters. The van der Waals surface area contributed by atoms with Gasteiger partial charge in [0.1, 0.15) is 16.7 Å². The number of hydrogen-bond acceptors (Lipinski definition) is 7. The molecule has 0 spiro atoms. The molecule has 1 aliphatic carbocycles. The predicted octanol–water partition coefficient (Wildman–Crippen LogP) is 4.02. The highest BCUT2D eigenvalue weighted by atomic mass is 35.5. The molecule has 0 atom stereocenters. The standard InChI is InChI=1S/C26H34ClFN8O/c1-4-32-26(7-8-26)24(37)36-9-5-17(6-10-36)18-13-20(28)21(11-15(18)2)33-25-31-14-19(27)23(35-25)34-22(30)12-16(3)29/h11-14,17,32H,4-10,29H2,1-3H3,(H3,30,31,33,34,35)/b16-12-. The number of aliphatic imine (C=N–C) groups is 1. The Hall–Kier alpha value is -3.24. The number of nitrogens with two attached hydrogens (primary N) is 2. The summed E-state index contributed by atoms with van der Waals surface area (Å²) in [5, 5.41) is 6.47. The first-order valence-electron chi connectivity index (χ1n) is 12.5. The number of likely N-dealkylation sites (tertiary alicyclic amines) is 1. The first-order valence-corrected chi connectivity index (χ1v) is 12.9. The van der Waals surface area contributed by atoms with Crippen molar-refractivity contribution in [2.24, 2.45) is 16.5 Å². The van der Waals surface area contributed by atoms with E-state index in [-0.39, 0.29) is 45.7 Å². The number of nitrogens with one attached hydrogen (secondary N) is 2. The van der Waals surface area contributed by atoms with Crippen LogP contribution in [-0.4, -0.2) is 51.8 Å². The Kier molecular flexibility index (Phi) is 7.99. The van der Waals surface area contributed by atoms with Crippen LogP contribution in [-0.2, 0) is 4.79 Å². The number of hydrogen-bond donors (Lipinski definition) is 4. The van der Waals surface area contributed by atoms with Crippen molar-refractivity contribution in [1.29, 1.82) is 0 Å². The Morgan fingerprint density at radius 3 is 2.65 bits per heavy atom. The number of aromatic nitrogens is 2. The summed E-state index contributed by atoms with van der Waals surface area (Å²) in [4.78, 5) is 27.5. The first kappa shape index (κ1) is 26.8. The maximum Gasteiger partial charge on any atom is 0.242 e. The van der Waals surface area contributed by atoms with Gasteiger partial charge in [0, 0.05) is 18.8 Å². The molecular weight excluding hydrogens is 495 g/mol. The van der Waals surface area contributed by atoms with Gasteiger partial charge in [0.15, 0.2) is 5.82 Å². The Bertz CT molecular complexity index is 1230. The minimum atomic E-state index is -0.409. The van der Waals surface area contributed by atoms with E-state index < -0.39 is 5.82 Å². The molecule has 4 rings (SSSR count). The van der Waals surface area contributed by atoms with Gasteiger partial charge < -0.3 is 27.0 Å². The Morgan fingerprint density at radius 1 is 1.32 bits per heavy atom. The van der Waals surface area contributed by atoms with Gasteiger partial charge in [-0.2, -0.15) is 4.98 Å². The van der Waals surface area contributed by atoms with Crippen LogP contribution in [0.3, 0.4) is 0 Å². The third kappa shape index (κ3) is 6.19. The maximum atomic E-state index is 15.2. The average Bonchev–Trinajstić information content (AvgIpc) is 3.63. The third-order valence-corrected chi connectivity index (χ3v) is 7.10. The van der Waals surface area contributed by atoms with Crippen molar-refractivity contribution in [3.8, 4) is 0 Å². The number of aryl methyl sites for hydroxylation is 1. The van der Waals surface area contributed by atoms with E-state index in [1.807, 2.05) is 18.7 Å². The van der Waals surface area contributed by atoms with E-state index in [0.717, 1.165) is 43.4 Å². The van der Waals surface area contributed by atoms with Crippen molar-refractivity contribution in [3.63, 3.8) is 0 Å². The summed E-state index contributed by atoms with van der Waals surface area (Å²) in [6, 6.07) is 3.32. The molecule has 2 fully saturated rings. The summed E-state index contributed by atoms with van der Waals surface area (Å²) < 4.78 is 15.2. The number of rotatable bonds is 8. The monoisotopic (exact) mass is 528 g/mol. The van der Waals surface area contributed by atoms with Crippen LogP contribution in [0.4, 0.5) is 21.8 Å². The summed E-state index contributed by atoms with van der Waals surface area (Å²) in [6.45, 7) is 7.82. The molecular formula is C26H34ClFN8O. The summed E-state index contributed by atoms with van der Waals surface area (Å²) in [5.41, 5.74) is 13.8. The van der Waals surface area contributed by atoms with Gasteiger partial charge in [-0.05, 0) is 81.3 Å². The van der Waals surface area contributed by atoms with Gasteiger partial charge >= 0.3 is 0 Å². The molecule has 0 bridgehead atoms. The van der Waals surface area contributed by atoms with Gasteiger partial charge in [-0.25, -0.2) is 14.4 Å². The summed E-state index contributed by atoms with van der Waals surface area (Å²) >= 11 is 6.15. The van der Waals surface area contributed by atoms with E-state index >= 15 is 4.39 Å². The summed E-state index contributed by atoms with van der Waals surface area (Å²) in [5.74, 6) is 0.408.